The molecule has 0 fully saturated rings. The van der Waals surface area contributed by atoms with Crippen molar-refractivity contribution in [3.63, 3.8) is 0 Å². The molecule has 0 saturated heterocycles. The first-order valence-corrected chi connectivity index (χ1v) is 5.41. The molecule has 100 valence electrons. The number of carbonyl (C=O) groups excluding carboxylic acids is 2. The van der Waals surface area contributed by atoms with Gasteiger partial charge in [-0.05, 0) is 12.1 Å². The van der Waals surface area contributed by atoms with E-state index in [1.807, 2.05) is 6.07 Å². The SMILES string of the molecule is COc1ccc(C(C#N)OC(C)=O)cc1OC(C)=O. The summed E-state index contributed by atoms with van der Waals surface area (Å²) in [6.07, 6.45) is -1.06. The van der Waals surface area contributed by atoms with Crippen LogP contribution in [0.15, 0.2) is 18.2 Å². The molecule has 6 nitrogen and oxygen atoms in total. The predicted molar refractivity (Wildman–Crippen MR) is 64.4 cm³/mol. The second kappa shape index (κ2) is 6.40. The number of benzene rings is 1. The predicted octanol–water partition coefficient (Wildman–Crippen LogP) is 1.75. The second-order valence-electron chi connectivity index (χ2n) is 3.62. The molecule has 0 aromatic heterocycles. The second-order valence-corrected chi connectivity index (χ2v) is 3.62. The van der Waals surface area contributed by atoms with Crippen LogP contribution in [-0.2, 0) is 14.3 Å². The van der Waals surface area contributed by atoms with Gasteiger partial charge in [0.2, 0.25) is 6.10 Å². The summed E-state index contributed by atoms with van der Waals surface area (Å²) in [6.45, 7) is 2.46. The number of ether oxygens (including phenoxy) is 3. The van der Waals surface area contributed by atoms with Gasteiger partial charge < -0.3 is 14.2 Å². The zero-order chi connectivity index (χ0) is 14.4. The zero-order valence-electron chi connectivity index (χ0n) is 10.8. The number of hydrogen-bond acceptors (Lipinski definition) is 6. The number of rotatable bonds is 4. The third-order valence-electron chi connectivity index (χ3n) is 2.15. The topological polar surface area (TPSA) is 85.6 Å². The van der Waals surface area contributed by atoms with E-state index in [2.05, 4.69) is 0 Å². The van der Waals surface area contributed by atoms with Gasteiger partial charge in [-0.1, -0.05) is 6.07 Å². The molecule has 0 bridgehead atoms. The number of esters is 2. The molecule has 1 aromatic rings. The summed E-state index contributed by atoms with van der Waals surface area (Å²) in [4.78, 5) is 21.9. The van der Waals surface area contributed by atoms with Crippen molar-refractivity contribution in [1.29, 1.82) is 5.26 Å². The molecule has 0 saturated carbocycles. The van der Waals surface area contributed by atoms with Crippen LogP contribution in [0.25, 0.3) is 0 Å². The van der Waals surface area contributed by atoms with Gasteiger partial charge in [0.25, 0.3) is 0 Å². The van der Waals surface area contributed by atoms with Gasteiger partial charge in [-0.2, -0.15) is 5.26 Å². The van der Waals surface area contributed by atoms with Crippen LogP contribution in [0.1, 0.15) is 25.5 Å². The first-order valence-electron chi connectivity index (χ1n) is 5.41. The molecule has 0 N–H and O–H groups in total. The highest BCUT2D eigenvalue weighted by molar-refractivity contribution is 5.70. The van der Waals surface area contributed by atoms with Crippen LogP contribution in [0.2, 0.25) is 0 Å². The Balaban J connectivity index is 3.12. The van der Waals surface area contributed by atoms with E-state index in [4.69, 9.17) is 19.5 Å². The lowest BCUT2D eigenvalue weighted by Gasteiger charge is -2.13. The van der Waals surface area contributed by atoms with E-state index in [-0.39, 0.29) is 5.75 Å². The van der Waals surface area contributed by atoms with Crippen molar-refractivity contribution in [2.24, 2.45) is 0 Å². The summed E-state index contributed by atoms with van der Waals surface area (Å²) >= 11 is 0. The van der Waals surface area contributed by atoms with Gasteiger partial charge in [-0.15, -0.1) is 0 Å². The fourth-order valence-corrected chi connectivity index (χ4v) is 1.43. The van der Waals surface area contributed by atoms with Gasteiger partial charge in [-0.3, -0.25) is 9.59 Å². The molecule has 0 amide bonds. The maximum atomic E-state index is 11.0. The maximum Gasteiger partial charge on any atom is 0.308 e. The lowest BCUT2D eigenvalue weighted by molar-refractivity contribution is -0.144. The van der Waals surface area contributed by atoms with Crippen LogP contribution < -0.4 is 9.47 Å². The first-order chi connectivity index (χ1) is 8.97. The zero-order valence-corrected chi connectivity index (χ0v) is 10.8. The van der Waals surface area contributed by atoms with Crippen molar-refractivity contribution in [1.82, 2.24) is 0 Å². The van der Waals surface area contributed by atoms with Crippen LogP contribution in [-0.4, -0.2) is 19.0 Å². The Kier molecular flexibility index (Phi) is 4.89. The van der Waals surface area contributed by atoms with E-state index in [9.17, 15) is 9.59 Å². The molecule has 1 aromatic carbocycles. The molecule has 0 aliphatic rings. The molecule has 19 heavy (non-hydrogen) atoms. The standard InChI is InChI=1S/C13H13NO5/c1-8(15)18-12-6-10(4-5-11(12)17-3)13(7-14)19-9(2)16/h4-6,13H,1-3H3. The Morgan fingerprint density at radius 2 is 1.89 bits per heavy atom. The van der Waals surface area contributed by atoms with Crippen LogP contribution >= 0.6 is 0 Å². The smallest absolute Gasteiger partial charge is 0.308 e. The van der Waals surface area contributed by atoms with Gasteiger partial charge in [0.15, 0.2) is 11.5 Å². The quantitative estimate of drug-likeness (QED) is 0.607. The largest absolute Gasteiger partial charge is 0.493 e. The molecule has 0 radical (unpaired) electrons. The molecule has 1 unspecified atom stereocenters. The van der Waals surface area contributed by atoms with Crippen molar-refractivity contribution in [3.8, 4) is 17.6 Å². The summed E-state index contributed by atoms with van der Waals surface area (Å²) in [7, 11) is 1.43. The highest BCUT2D eigenvalue weighted by Crippen LogP contribution is 2.31. The molecule has 0 heterocycles. The minimum absolute atomic E-state index is 0.167. The molecule has 0 spiro atoms. The summed E-state index contributed by atoms with van der Waals surface area (Å²) in [6, 6.07) is 6.36. The lowest BCUT2D eigenvalue weighted by Crippen LogP contribution is -2.08. The van der Waals surface area contributed by atoms with Crippen LogP contribution in [0.4, 0.5) is 0 Å². The minimum Gasteiger partial charge on any atom is -0.493 e. The van der Waals surface area contributed by atoms with E-state index in [0.29, 0.717) is 11.3 Å². The van der Waals surface area contributed by atoms with Crippen molar-refractivity contribution in [2.75, 3.05) is 7.11 Å². The van der Waals surface area contributed by atoms with E-state index in [0.717, 1.165) is 0 Å². The molecular weight excluding hydrogens is 250 g/mol. The van der Waals surface area contributed by atoms with Gasteiger partial charge in [0, 0.05) is 19.4 Å². The molecule has 6 heteroatoms. The Morgan fingerprint density at radius 1 is 1.21 bits per heavy atom. The normalized spacial score (nSPS) is 11.1. The Morgan fingerprint density at radius 3 is 2.37 bits per heavy atom. The summed E-state index contributed by atoms with van der Waals surface area (Å²) in [5.74, 6) is -0.578. The van der Waals surface area contributed by atoms with E-state index in [1.165, 1.54) is 33.1 Å². The Labute approximate surface area is 110 Å². The number of methoxy groups -OCH3 is 1. The number of nitriles is 1. The first kappa shape index (κ1) is 14.5. The van der Waals surface area contributed by atoms with Crippen LogP contribution in [0, 0.1) is 11.3 Å². The van der Waals surface area contributed by atoms with E-state index in [1.54, 1.807) is 6.07 Å². The molecular formula is C13H13NO5. The average molecular weight is 263 g/mol. The van der Waals surface area contributed by atoms with E-state index < -0.39 is 18.0 Å². The van der Waals surface area contributed by atoms with Crippen molar-refractivity contribution >= 4 is 11.9 Å². The summed E-state index contributed by atoms with van der Waals surface area (Å²) < 4.78 is 14.8. The van der Waals surface area contributed by atoms with Crippen LogP contribution in [0.3, 0.4) is 0 Å². The number of hydrogen-bond donors (Lipinski definition) is 0. The summed E-state index contributed by atoms with van der Waals surface area (Å²) in [5, 5.41) is 8.96. The Hall–Kier alpha value is -2.55. The molecule has 0 aliphatic carbocycles. The summed E-state index contributed by atoms with van der Waals surface area (Å²) in [5.41, 5.74) is 0.398. The molecule has 1 atom stereocenters. The highest BCUT2D eigenvalue weighted by Gasteiger charge is 2.17. The lowest BCUT2D eigenvalue weighted by atomic mass is 10.1. The van der Waals surface area contributed by atoms with Crippen LogP contribution in [0.5, 0.6) is 11.5 Å². The maximum absolute atomic E-state index is 11.0. The minimum atomic E-state index is -1.06. The van der Waals surface area contributed by atoms with Gasteiger partial charge in [-0.25, -0.2) is 0 Å². The number of carbonyl (C=O) groups is 2. The monoisotopic (exact) mass is 263 g/mol. The van der Waals surface area contributed by atoms with Gasteiger partial charge in [0.05, 0.1) is 7.11 Å². The van der Waals surface area contributed by atoms with E-state index >= 15 is 0 Å². The molecule has 0 aliphatic heterocycles. The fourth-order valence-electron chi connectivity index (χ4n) is 1.43. The third kappa shape index (κ3) is 4.00. The van der Waals surface area contributed by atoms with Gasteiger partial charge >= 0.3 is 11.9 Å². The average Bonchev–Trinajstić information content (AvgIpc) is 2.35. The van der Waals surface area contributed by atoms with Crippen molar-refractivity contribution in [2.45, 2.75) is 20.0 Å². The highest BCUT2D eigenvalue weighted by atomic mass is 16.6. The third-order valence-corrected chi connectivity index (χ3v) is 2.15. The molecule has 1 rings (SSSR count). The fraction of sp³-hybridized carbons (Fsp3) is 0.308. The Bertz CT molecular complexity index is 532. The number of nitrogens with zero attached hydrogens (tertiary/aromatic N) is 1. The van der Waals surface area contributed by atoms with Gasteiger partial charge in [0.1, 0.15) is 6.07 Å². The van der Waals surface area contributed by atoms with Crippen molar-refractivity contribution in [3.05, 3.63) is 23.8 Å². The van der Waals surface area contributed by atoms with Crippen molar-refractivity contribution < 1.29 is 23.8 Å².